The van der Waals surface area contributed by atoms with E-state index in [1.54, 1.807) is 31.2 Å². The van der Waals surface area contributed by atoms with E-state index in [0.717, 1.165) is 11.1 Å². The number of nitrogen functional groups attached to an aromatic ring is 1. The lowest BCUT2D eigenvalue weighted by molar-refractivity contribution is 0.0698. The Balaban J connectivity index is 0.000000177. The van der Waals surface area contributed by atoms with Gasteiger partial charge in [-0.15, -0.1) is 0 Å². The van der Waals surface area contributed by atoms with Crippen LogP contribution in [0.2, 0.25) is 0 Å². The minimum atomic E-state index is -0.980. The van der Waals surface area contributed by atoms with Gasteiger partial charge in [0.2, 0.25) is 0 Å². The Labute approximate surface area is 138 Å². The number of aromatic nitrogens is 1. The van der Waals surface area contributed by atoms with Crippen LogP contribution < -0.4 is 11.4 Å². The largest absolute Gasteiger partial charge is 0.478 e. The summed E-state index contributed by atoms with van der Waals surface area (Å²) in [6.07, 6.45) is 0. The van der Waals surface area contributed by atoms with Gasteiger partial charge in [-0.05, 0) is 38.1 Å². The lowest BCUT2D eigenvalue weighted by Crippen LogP contribution is -2.02. The summed E-state index contributed by atoms with van der Waals surface area (Å²) in [6, 6.07) is 10.5. The van der Waals surface area contributed by atoms with Gasteiger partial charge in [-0.1, -0.05) is 23.3 Å². The van der Waals surface area contributed by atoms with Crippen LogP contribution in [0.3, 0.4) is 0 Å². The fraction of sp³-hybridized carbons (Fsp3) is 0.167. The summed E-state index contributed by atoms with van der Waals surface area (Å²) in [5.74, 6) is -0.576. The fourth-order valence-electron chi connectivity index (χ4n) is 2.15. The number of carboxylic acids is 1. The maximum absolute atomic E-state index is 11.3. The molecule has 1 heterocycles. The van der Waals surface area contributed by atoms with Crippen molar-refractivity contribution in [3.8, 4) is 0 Å². The zero-order chi connectivity index (χ0) is 17.9. The second kappa shape index (κ2) is 6.95. The first-order valence-corrected chi connectivity index (χ1v) is 7.25. The predicted molar refractivity (Wildman–Crippen MR) is 92.3 cm³/mol. The van der Waals surface area contributed by atoms with E-state index in [0.29, 0.717) is 22.5 Å². The number of nitrogens with two attached hydrogens (primary N) is 1. The highest BCUT2D eigenvalue weighted by Crippen LogP contribution is 2.13. The molecule has 6 nitrogen and oxygen atoms in total. The molecule has 0 atom stereocenters. The van der Waals surface area contributed by atoms with Gasteiger partial charge in [-0.25, -0.2) is 14.6 Å². The molecule has 3 rings (SSSR count). The molecule has 0 fully saturated rings. The van der Waals surface area contributed by atoms with Crippen molar-refractivity contribution in [1.82, 2.24) is 4.98 Å². The zero-order valence-corrected chi connectivity index (χ0v) is 13.7. The molecule has 0 saturated heterocycles. The summed E-state index contributed by atoms with van der Waals surface area (Å²) in [5, 5.41) is 9.16. The van der Waals surface area contributed by atoms with Crippen molar-refractivity contribution >= 4 is 22.6 Å². The van der Waals surface area contributed by atoms with Gasteiger partial charge in [-0.3, -0.25) is 0 Å². The second-order valence-electron chi connectivity index (χ2n) is 5.44. The van der Waals surface area contributed by atoms with E-state index in [4.69, 9.17) is 15.3 Å². The summed E-state index contributed by atoms with van der Waals surface area (Å²) in [5.41, 5.74) is 8.20. The second-order valence-corrected chi connectivity index (χ2v) is 5.44. The number of carboxylic acid groups (broad SMARTS) is 1. The van der Waals surface area contributed by atoms with Crippen LogP contribution in [0.15, 0.2) is 45.6 Å². The molecular formula is C18H18N2O4. The Kier molecular flexibility index (Phi) is 4.99. The summed E-state index contributed by atoms with van der Waals surface area (Å²) < 4.78 is 4.88. The molecule has 0 radical (unpaired) electrons. The third-order valence-electron chi connectivity index (χ3n) is 3.33. The Morgan fingerprint density at radius 2 is 1.71 bits per heavy atom. The summed E-state index contributed by atoms with van der Waals surface area (Å²) in [6.45, 7) is 5.42. The molecule has 0 saturated carbocycles. The molecule has 3 N–H and O–H groups in total. The quantitative estimate of drug-likeness (QED) is 0.666. The first kappa shape index (κ1) is 17.2. The molecule has 0 bridgehead atoms. The van der Waals surface area contributed by atoms with E-state index in [9.17, 15) is 9.59 Å². The summed E-state index contributed by atoms with van der Waals surface area (Å²) in [4.78, 5) is 26.0. The molecule has 6 heteroatoms. The Bertz CT molecular complexity index is 961. The van der Waals surface area contributed by atoms with Gasteiger partial charge < -0.3 is 15.3 Å². The van der Waals surface area contributed by atoms with Crippen molar-refractivity contribution in [3.63, 3.8) is 0 Å². The molecule has 0 aliphatic rings. The van der Waals surface area contributed by atoms with Gasteiger partial charge in [0.15, 0.2) is 5.89 Å². The van der Waals surface area contributed by atoms with Crippen molar-refractivity contribution in [2.45, 2.75) is 20.8 Å². The maximum Gasteiger partial charge on any atom is 0.346 e. The molecule has 0 spiro atoms. The maximum atomic E-state index is 11.3. The minimum Gasteiger partial charge on any atom is -0.478 e. The van der Waals surface area contributed by atoms with E-state index in [2.05, 4.69) is 4.98 Å². The Morgan fingerprint density at radius 3 is 2.33 bits per heavy atom. The number of rotatable bonds is 1. The average Bonchev–Trinajstić information content (AvgIpc) is 2.51. The van der Waals surface area contributed by atoms with E-state index >= 15 is 0 Å². The zero-order valence-electron chi connectivity index (χ0n) is 13.7. The summed E-state index contributed by atoms with van der Waals surface area (Å²) >= 11 is 0. The normalized spacial score (nSPS) is 10.1. The minimum absolute atomic E-state index is 0.171. The molecule has 0 unspecified atom stereocenters. The predicted octanol–water partition coefficient (Wildman–Crippen LogP) is 3.08. The third-order valence-corrected chi connectivity index (χ3v) is 3.33. The van der Waals surface area contributed by atoms with Crippen LogP contribution >= 0.6 is 0 Å². The van der Waals surface area contributed by atoms with E-state index in [1.807, 2.05) is 26.0 Å². The van der Waals surface area contributed by atoms with Gasteiger partial charge in [0.25, 0.3) is 0 Å². The van der Waals surface area contributed by atoms with Crippen molar-refractivity contribution in [2.75, 3.05) is 5.73 Å². The number of hydrogen-bond donors (Lipinski definition) is 2. The van der Waals surface area contributed by atoms with Gasteiger partial charge in [0.05, 0.1) is 16.5 Å². The first-order chi connectivity index (χ1) is 11.3. The Morgan fingerprint density at radius 1 is 1.08 bits per heavy atom. The van der Waals surface area contributed by atoms with Crippen LogP contribution in [-0.2, 0) is 0 Å². The van der Waals surface area contributed by atoms with Crippen LogP contribution in [0.4, 0.5) is 5.69 Å². The fourth-order valence-corrected chi connectivity index (χ4v) is 2.15. The van der Waals surface area contributed by atoms with Gasteiger partial charge in [-0.2, -0.15) is 0 Å². The molecule has 1 aromatic heterocycles. The van der Waals surface area contributed by atoms with Crippen molar-refractivity contribution in [2.24, 2.45) is 0 Å². The summed E-state index contributed by atoms with van der Waals surface area (Å²) in [7, 11) is 0. The molecule has 2 aromatic carbocycles. The highest BCUT2D eigenvalue weighted by atomic mass is 16.4. The number of anilines is 1. The third kappa shape index (κ3) is 3.98. The van der Waals surface area contributed by atoms with E-state index in [1.165, 1.54) is 0 Å². The smallest absolute Gasteiger partial charge is 0.346 e. The van der Waals surface area contributed by atoms with Gasteiger partial charge in [0, 0.05) is 12.6 Å². The number of benzene rings is 2. The standard InChI is InChI=1S/C10H9NO2.C8H9NO2/c1-6-3-4-9-8(5-6)10(12)13-7(2)11-9;1-5-2-3-7(9)6(4-5)8(10)11/h3-5H,1-2H3;2-4H,9H2,1H3,(H,10,11). The van der Waals surface area contributed by atoms with Crippen LogP contribution in [0.1, 0.15) is 27.4 Å². The number of hydrogen-bond acceptors (Lipinski definition) is 5. The van der Waals surface area contributed by atoms with E-state index < -0.39 is 5.97 Å². The number of aromatic carboxylic acids is 1. The molecule has 3 aromatic rings. The van der Waals surface area contributed by atoms with E-state index in [-0.39, 0.29) is 11.2 Å². The van der Waals surface area contributed by atoms with Crippen LogP contribution in [-0.4, -0.2) is 16.1 Å². The number of carbonyl (C=O) groups is 1. The number of fused-ring (bicyclic) bond motifs is 1. The van der Waals surface area contributed by atoms with Crippen LogP contribution in [0.25, 0.3) is 10.9 Å². The van der Waals surface area contributed by atoms with Crippen LogP contribution in [0, 0.1) is 20.8 Å². The highest BCUT2D eigenvalue weighted by Gasteiger charge is 2.06. The molecule has 0 aliphatic carbocycles. The molecule has 0 aliphatic heterocycles. The van der Waals surface area contributed by atoms with Crippen molar-refractivity contribution in [3.05, 3.63) is 69.4 Å². The molecule has 0 amide bonds. The number of aryl methyl sites for hydroxylation is 3. The van der Waals surface area contributed by atoms with Crippen molar-refractivity contribution in [1.29, 1.82) is 0 Å². The molecule has 24 heavy (non-hydrogen) atoms. The molecule has 124 valence electrons. The molecular weight excluding hydrogens is 308 g/mol. The van der Waals surface area contributed by atoms with Gasteiger partial charge in [0.1, 0.15) is 0 Å². The monoisotopic (exact) mass is 326 g/mol. The Hall–Kier alpha value is -3.15. The van der Waals surface area contributed by atoms with Crippen molar-refractivity contribution < 1.29 is 14.3 Å². The highest BCUT2D eigenvalue weighted by molar-refractivity contribution is 5.93. The van der Waals surface area contributed by atoms with Crippen LogP contribution in [0.5, 0.6) is 0 Å². The number of nitrogens with zero attached hydrogens (tertiary/aromatic N) is 1. The SMILES string of the molecule is Cc1ccc(N)c(C(=O)O)c1.Cc1ccc2nc(C)oc(=O)c2c1. The topological polar surface area (TPSA) is 106 Å². The average molecular weight is 326 g/mol. The van der Waals surface area contributed by atoms with Gasteiger partial charge >= 0.3 is 11.6 Å². The first-order valence-electron chi connectivity index (χ1n) is 7.25. The lowest BCUT2D eigenvalue weighted by Gasteiger charge is -2.00. The lowest BCUT2D eigenvalue weighted by atomic mass is 10.1.